The molecule has 1 saturated heterocycles. The van der Waals surface area contributed by atoms with Gasteiger partial charge in [0.15, 0.2) is 0 Å². The molecule has 2 heterocycles. The summed E-state index contributed by atoms with van der Waals surface area (Å²) in [6, 6.07) is 3.95. The largest absolute Gasteiger partial charge is 0.368 e. The van der Waals surface area contributed by atoms with Crippen LogP contribution < -0.4 is 4.90 Å². The van der Waals surface area contributed by atoms with E-state index in [0.717, 1.165) is 38.2 Å². The van der Waals surface area contributed by atoms with Crippen LogP contribution in [-0.2, 0) is 9.59 Å². The second-order valence-corrected chi connectivity index (χ2v) is 4.28. The zero-order valence-electron chi connectivity index (χ0n) is 10.3. The Morgan fingerprint density at radius 1 is 1.22 bits per heavy atom. The minimum absolute atomic E-state index is 0.0801. The molecule has 0 unspecified atom stereocenters. The fraction of sp³-hybridized carbons (Fsp3) is 0.462. The molecule has 0 N–H and O–H groups in total. The molecule has 1 aromatic rings. The number of anilines is 1. The molecule has 96 valence electrons. The molecule has 1 aliphatic rings. The number of pyridine rings is 1. The highest BCUT2D eigenvalue weighted by Gasteiger charge is 2.20. The van der Waals surface area contributed by atoms with Crippen LogP contribution in [0.4, 0.5) is 5.69 Å². The molecule has 1 aromatic heterocycles. The highest BCUT2D eigenvalue weighted by atomic mass is 16.2. The summed E-state index contributed by atoms with van der Waals surface area (Å²) in [6.07, 6.45) is 5.00. The highest BCUT2D eigenvalue weighted by molar-refractivity contribution is 5.78. The third-order valence-corrected chi connectivity index (χ3v) is 3.14. The number of aromatic nitrogens is 1. The molecule has 1 aliphatic heterocycles. The van der Waals surface area contributed by atoms with E-state index in [0.29, 0.717) is 12.8 Å². The predicted octanol–water partition coefficient (Wildman–Crippen LogP) is 0.709. The molecule has 18 heavy (non-hydrogen) atoms. The van der Waals surface area contributed by atoms with Crippen molar-refractivity contribution in [2.75, 3.05) is 31.1 Å². The maximum atomic E-state index is 11.7. The van der Waals surface area contributed by atoms with Crippen LogP contribution in [0.25, 0.3) is 0 Å². The predicted molar refractivity (Wildman–Crippen MR) is 68.3 cm³/mol. The molecular weight excluding hydrogens is 230 g/mol. The highest BCUT2D eigenvalue weighted by Crippen LogP contribution is 2.15. The standard InChI is InChI=1S/C13H17N3O2/c17-11-1-2-13(18)16-9-7-15(8-10-16)12-3-5-14-6-4-12/h3-6,11H,1-2,7-10H2. The first kappa shape index (κ1) is 12.5. The van der Waals surface area contributed by atoms with Crippen molar-refractivity contribution in [3.63, 3.8) is 0 Å². The van der Waals surface area contributed by atoms with Crippen LogP contribution in [0.5, 0.6) is 0 Å². The molecule has 0 saturated carbocycles. The van der Waals surface area contributed by atoms with Gasteiger partial charge in [-0.3, -0.25) is 9.78 Å². The SMILES string of the molecule is O=CCCC(=O)N1CCN(c2ccncc2)CC1. The number of rotatable bonds is 4. The molecule has 0 radical (unpaired) electrons. The fourth-order valence-electron chi connectivity index (χ4n) is 2.11. The van der Waals surface area contributed by atoms with E-state index in [-0.39, 0.29) is 5.91 Å². The summed E-state index contributed by atoms with van der Waals surface area (Å²) < 4.78 is 0. The van der Waals surface area contributed by atoms with Crippen LogP contribution in [0.1, 0.15) is 12.8 Å². The van der Waals surface area contributed by atoms with Crippen molar-refractivity contribution < 1.29 is 9.59 Å². The van der Waals surface area contributed by atoms with Crippen LogP contribution in [0.2, 0.25) is 0 Å². The van der Waals surface area contributed by atoms with Gasteiger partial charge in [-0.1, -0.05) is 0 Å². The van der Waals surface area contributed by atoms with Crippen molar-refractivity contribution in [3.05, 3.63) is 24.5 Å². The van der Waals surface area contributed by atoms with Gasteiger partial charge in [0.2, 0.25) is 5.91 Å². The normalized spacial score (nSPS) is 15.6. The van der Waals surface area contributed by atoms with Crippen LogP contribution in [0.15, 0.2) is 24.5 Å². The van der Waals surface area contributed by atoms with Crippen LogP contribution in [0, 0.1) is 0 Å². The fourth-order valence-corrected chi connectivity index (χ4v) is 2.11. The van der Waals surface area contributed by atoms with Gasteiger partial charge in [0.1, 0.15) is 6.29 Å². The van der Waals surface area contributed by atoms with Crippen molar-refractivity contribution in [2.45, 2.75) is 12.8 Å². The second kappa shape index (κ2) is 6.14. The number of carbonyl (C=O) groups excluding carboxylic acids is 2. The molecule has 0 spiro atoms. The summed E-state index contributed by atoms with van der Waals surface area (Å²) in [5.74, 6) is 0.0801. The van der Waals surface area contributed by atoms with E-state index >= 15 is 0 Å². The lowest BCUT2D eigenvalue weighted by Gasteiger charge is -2.36. The Kier molecular flexibility index (Phi) is 4.28. The zero-order valence-corrected chi connectivity index (χ0v) is 10.3. The number of carbonyl (C=O) groups is 2. The summed E-state index contributed by atoms with van der Waals surface area (Å²) in [7, 11) is 0. The van der Waals surface area contributed by atoms with E-state index in [1.54, 1.807) is 12.4 Å². The first-order valence-electron chi connectivity index (χ1n) is 6.17. The van der Waals surface area contributed by atoms with E-state index in [4.69, 9.17) is 0 Å². The van der Waals surface area contributed by atoms with E-state index < -0.39 is 0 Å². The van der Waals surface area contributed by atoms with E-state index in [9.17, 15) is 9.59 Å². The zero-order chi connectivity index (χ0) is 12.8. The van der Waals surface area contributed by atoms with Crippen LogP contribution >= 0.6 is 0 Å². The van der Waals surface area contributed by atoms with E-state index in [2.05, 4.69) is 9.88 Å². The Morgan fingerprint density at radius 2 is 1.89 bits per heavy atom. The van der Waals surface area contributed by atoms with Crippen molar-refractivity contribution in [1.29, 1.82) is 0 Å². The summed E-state index contributed by atoms with van der Waals surface area (Å²) in [6.45, 7) is 3.10. The Bertz CT molecular complexity index is 400. The smallest absolute Gasteiger partial charge is 0.223 e. The van der Waals surface area contributed by atoms with Gasteiger partial charge in [-0.05, 0) is 12.1 Å². The van der Waals surface area contributed by atoms with Crippen LogP contribution in [0.3, 0.4) is 0 Å². The quantitative estimate of drug-likeness (QED) is 0.735. The van der Waals surface area contributed by atoms with E-state index in [1.807, 2.05) is 17.0 Å². The van der Waals surface area contributed by atoms with Gasteiger partial charge in [0.25, 0.3) is 0 Å². The summed E-state index contributed by atoms with van der Waals surface area (Å²) in [5.41, 5.74) is 1.14. The summed E-state index contributed by atoms with van der Waals surface area (Å²) in [4.78, 5) is 30.1. The molecule has 0 bridgehead atoms. The van der Waals surface area contributed by atoms with Gasteiger partial charge in [-0.2, -0.15) is 0 Å². The number of amides is 1. The Hall–Kier alpha value is -1.91. The van der Waals surface area contributed by atoms with E-state index in [1.165, 1.54) is 0 Å². The minimum Gasteiger partial charge on any atom is -0.368 e. The Balaban J connectivity index is 1.84. The van der Waals surface area contributed by atoms with Gasteiger partial charge in [0, 0.05) is 57.1 Å². The van der Waals surface area contributed by atoms with Gasteiger partial charge in [0.05, 0.1) is 0 Å². The number of piperazine rings is 1. The van der Waals surface area contributed by atoms with Gasteiger partial charge < -0.3 is 14.6 Å². The molecule has 5 nitrogen and oxygen atoms in total. The molecule has 1 fully saturated rings. The number of aldehydes is 1. The van der Waals surface area contributed by atoms with Gasteiger partial charge >= 0.3 is 0 Å². The second-order valence-electron chi connectivity index (χ2n) is 4.28. The van der Waals surface area contributed by atoms with Crippen molar-refractivity contribution in [2.24, 2.45) is 0 Å². The number of hydrogen-bond donors (Lipinski definition) is 0. The molecular formula is C13H17N3O2. The molecule has 5 heteroatoms. The minimum atomic E-state index is 0.0801. The molecule has 0 aliphatic carbocycles. The number of hydrogen-bond acceptors (Lipinski definition) is 4. The average Bonchev–Trinajstić information content (AvgIpc) is 2.46. The lowest BCUT2D eigenvalue weighted by atomic mass is 10.2. The Morgan fingerprint density at radius 3 is 2.50 bits per heavy atom. The third kappa shape index (κ3) is 3.06. The molecule has 1 amide bonds. The molecule has 0 atom stereocenters. The third-order valence-electron chi connectivity index (χ3n) is 3.14. The van der Waals surface area contributed by atoms with Gasteiger partial charge in [-0.15, -0.1) is 0 Å². The van der Waals surface area contributed by atoms with Gasteiger partial charge in [-0.25, -0.2) is 0 Å². The van der Waals surface area contributed by atoms with Crippen molar-refractivity contribution in [3.8, 4) is 0 Å². The number of nitrogens with zero attached hydrogens (tertiary/aromatic N) is 3. The first-order valence-corrected chi connectivity index (χ1v) is 6.17. The van der Waals surface area contributed by atoms with Crippen molar-refractivity contribution >= 4 is 17.9 Å². The topological polar surface area (TPSA) is 53.5 Å². The maximum absolute atomic E-state index is 11.7. The summed E-state index contributed by atoms with van der Waals surface area (Å²) >= 11 is 0. The lowest BCUT2D eigenvalue weighted by molar-refractivity contribution is -0.132. The lowest BCUT2D eigenvalue weighted by Crippen LogP contribution is -2.48. The monoisotopic (exact) mass is 247 g/mol. The summed E-state index contributed by atoms with van der Waals surface area (Å²) in [5, 5.41) is 0. The van der Waals surface area contributed by atoms with Crippen LogP contribution in [-0.4, -0.2) is 48.3 Å². The van der Waals surface area contributed by atoms with Crippen molar-refractivity contribution in [1.82, 2.24) is 9.88 Å². The first-order chi connectivity index (χ1) is 8.81. The Labute approximate surface area is 106 Å². The molecule has 2 rings (SSSR count). The average molecular weight is 247 g/mol. The molecule has 0 aromatic carbocycles. The maximum Gasteiger partial charge on any atom is 0.223 e.